The molecular formula is C21H20O5S. The molecule has 0 saturated carbocycles. The van der Waals surface area contributed by atoms with E-state index in [4.69, 9.17) is 8.92 Å². The van der Waals surface area contributed by atoms with E-state index in [2.05, 4.69) is 0 Å². The molecule has 3 aromatic carbocycles. The third kappa shape index (κ3) is 4.87. The molecule has 0 amide bonds. The van der Waals surface area contributed by atoms with Crippen LogP contribution in [0.1, 0.15) is 16.7 Å². The van der Waals surface area contributed by atoms with E-state index in [1.54, 1.807) is 24.3 Å². The Morgan fingerprint density at radius 2 is 1.63 bits per heavy atom. The smallest absolute Gasteiger partial charge is 0.339 e. The topological polar surface area (TPSA) is 72.8 Å². The molecule has 27 heavy (non-hydrogen) atoms. The fourth-order valence-electron chi connectivity index (χ4n) is 2.44. The van der Waals surface area contributed by atoms with E-state index < -0.39 is 10.1 Å². The maximum atomic E-state index is 12.5. The molecular weight excluding hydrogens is 364 g/mol. The Kier molecular flexibility index (Phi) is 5.78. The predicted octanol–water partition coefficient (Wildman–Crippen LogP) is 3.83. The maximum Gasteiger partial charge on any atom is 0.339 e. The van der Waals surface area contributed by atoms with Crippen molar-refractivity contribution in [1.29, 1.82) is 0 Å². The molecule has 3 rings (SSSR count). The number of benzene rings is 3. The Morgan fingerprint density at radius 3 is 2.30 bits per heavy atom. The fourth-order valence-corrected chi connectivity index (χ4v) is 3.40. The lowest BCUT2D eigenvalue weighted by molar-refractivity contribution is 0.276. The molecule has 3 aromatic rings. The van der Waals surface area contributed by atoms with Crippen molar-refractivity contribution in [3.05, 3.63) is 89.5 Å². The minimum absolute atomic E-state index is 0.0450. The van der Waals surface area contributed by atoms with Gasteiger partial charge in [-0.15, -0.1) is 0 Å². The Morgan fingerprint density at radius 1 is 0.926 bits per heavy atom. The SMILES string of the molecule is Cc1ccc(S(=O)(=O)Oc2cc(OCc3ccccc3)ccc2CO)cc1. The second-order valence-corrected chi connectivity index (χ2v) is 7.60. The Bertz CT molecular complexity index is 997. The van der Waals surface area contributed by atoms with Gasteiger partial charge in [-0.05, 0) is 36.8 Å². The van der Waals surface area contributed by atoms with Crippen molar-refractivity contribution < 1.29 is 22.4 Å². The van der Waals surface area contributed by atoms with E-state index in [1.807, 2.05) is 37.3 Å². The highest BCUT2D eigenvalue weighted by atomic mass is 32.2. The summed E-state index contributed by atoms with van der Waals surface area (Å²) in [6.45, 7) is 1.86. The molecule has 0 aliphatic heterocycles. The van der Waals surface area contributed by atoms with E-state index >= 15 is 0 Å². The molecule has 0 heterocycles. The third-order valence-electron chi connectivity index (χ3n) is 3.97. The predicted molar refractivity (Wildman–Crippen MR) is 102 cm³/mol. The molecule has 0 aliphatic carbocycles. The number of ether oxygens (including phenoxy) is 1. The van der Waals surface area contributed by atoms with Gasteiger partial charge in [-0.3, -0.25) is 0 Å². The van der Waals surface area contributed by atoms with Crippen molar-refractivity contribution in [3.63, 3.8) is 0 Å². The summed E-state index contributed by atoms with van der Waals surface area (Å²) < 4.78 is 36.0. The van der Waals surface area contributed by atoms with E-state index in [0.717, 1.165) is 11.1 Å². The van der Waals surface area contributed by atoms with Crippen LogP contribution in [0.2, 0.25) is 0 Å². The van der Waals surface area contributed by atoms with Crippen LogP contribution in [0.25, 0.3) is 0 Å². The zero-order chi connectivity index (χ0) is 19.3. The van der Waals surface area contributed by atoms with Gasteiger partial charge in [0.1, 0.15) is 17.3 Å². The molecule has 0 aromatic heterocycles. The van der Waals surface area contributed by atoms with Crippen molar-refractivity contribution >= 4 is 10.1 Å². The molecule has 0 fully saturated rings. The first-order valence-electron chi connectivity index (χ1n) is 8.39. The number of hydrogen-bond acceptors (Lipinski definition) is 5. The van der Waals surface area contributed by atoms with Gasteiger partial charge in [0.25, 0.3) is 0 Å². The quantitative estimate of drug-likeness (QED) is 0.627. The number of aliphatic hydroxyl groups is 1. The Hall–Kier alpha value is -2.83. The maximum absolute atomic E-state index is 12.5. The standard InChI is InChI=1S/C21H20O5S/c1-16-7-11-20(12-8-16)27(23,24)26-21-13-19(10-9-18(21)14-22)25-15-17-5-3-2-4-6-17/h2-13,22H,14-15H2,1H3. The lowest BCUT2D eigenvalue weighted by Crippen LogP contribution is -2.11. The summed E-state index contributed by atoms with van der Waals surface area (Å²) in [5.41, 5.74) is 2.29. The van der Waals surface area contributed by atoms with Crippen molar-refractivity contribution in [3.8, 4) is 11.5 Å². The van der Waals surface area contributed by atoms with Crippen LogP contribution in [0.5, 0.6) is 11.5 Å². The van der Waals surface area contributed by atoms with Crippen LogP contribution in [0.3, 0.4) is 0 Å². The first-order valence-corrected chi connectivity index (χ1v) is 9.80. The molecule has 0 saturated heterocycles. The van der Waals surface area contributed by atoms with Crippen LogP contribution in [0.15, 0.2) is 77.7 Å². The van der Waals surface area contributed by atoms with Crippen molar-refractivity contribution in [2.24, 2.45) is 0 Å². The molecule has 0 spiro atoms. The zero-order valence-corrected chi connectivity index (χ0v) is 15.6. The van der Waals surface area contributed by atoms with Crippen LogP contribution >= 0.6 is 0 Å². The third-order valence-corrected chi connectivity index (χ3v) is 5.21. The van der Waals surface area contributed by atoms with Crippen LogP contribution in [0, 0.1) is 6.92 Å². The van der Waals surface area contributed by atoms with E-state index in [0.29, 0.717) is 17.9 Å². The minimum Gasteiger partial charge on any atom is -0.489 e. The van der Waals surface area contributed by atoms with Crippen molar-refractivity contribution in [1.82, 2.24) is 0 Å². The van der Waals surface area contributed by atoms with Gasteiger partial charge in [-0.25, -0.2) is 0 Å². The van der Waals surface area contributed by atoms with Crippen molar-refractivity contribution in [2.75, 3.05) is 0 Å². The first-order chi connectivity index (χ1) is 13.0. The summed E-state index contributed by atoms with van der Waals surface area (Å²) in [4.78, 5) is 0.0487. The Balaban J connectivity index is 1.82. The molecule has 6 heteroatoms. The van der Waals surface area contributed by atoms with Crippen molar-refractivity contribution in [2.45, 2.75) is 25.0 Å². The summed E-state index contributed by atoms with van der Waals surface area (Å²) in [6, 6.07) is 20.7. The zero-order valence-electron chi connectivity index (χ0n) is 14.8. The molecule has 0 atom stereocenters. The largest absolute Gasteiger partial charge is 0.489 e. The second-order valence-electron chi connectivity index (χ2n) is 6.05. The molecule has 0 aliphatic rings. The fraction of sp³-hybridized carbons (Fsp3) is 0.143. The van der Waals surface area contributed by atoms with Crippen LogP contribution in [-0.4, -0.2) is 13.5 Å². The van der Waals surface area contributed by atoms with E-state index in [9.17, 15) is 13.5 Å². The minimum atomic E-state index is -4.01. The molecule has 1 N–H and O–H groups in total. The van der Waals surface area contributed by atoms with Gasteiger partial charge in [0.05, 0.1) is 6.61 Å². The Labute approximate surface area is 158 Å². The van der Waals surface area contributed by atoms with Gasteiger partial charge in [-0.1, -0.05) is 48.0 Å². The lowest BCUT2D eigenvalue weighted by Gasteiger charge is -2.13. The summed E-state index contributed by atoms with van der Waals surface area (Å²) in [7, 11) is -4.01. The molecule has 0 unspecified atom stereocenters. The van der Waals surface area contributed by atoms with Gasteiger partial charge in [0.15, 0.2) is 5.75 Å². The average Bonchev–Trinajstić information content (AvgIpc) is 2.67. The van der Waals surface area contributed by atoms with Gasteiger partial charge in [0.2, 0.25) is 0 Å². The van der Waals surface area contributed by atoms with Gasteiger partial charge < -0.3 is 14.0 Å². The number of rotatable bonds is 7. The monoisotopic (exact) mass is 384 g/mol. The summed E-state index contributed by atoms with van der Waals surface area (Å²) in [6.07, 6.45) is 0. The van der Waals surface area contributed by atoms with Crippen LogP contribution < -0.4 is 8.92 Å². The second kappa shape index (κ2) is 8.24. The molecule has 140 valence electrons. The highest BCUT2D eigenvalue weighted by Gasteiger charge is 2.19. The van der Waals surface area contributed by atoms with Gasteiger partial charge in [-0.2, -0.15) is 8.42 Å². The van der Waals surface area contributed by atoms with E-state index in [1.165, 1.54) is 18.2 Å². The average molecular weight is 384 g/mol. The highest BCUT2D eigenvalue weighted by Crippen LogP contribution is 2.28. The van der Waals surface area contributed by atoms with Crippen LogP contribution in [0.4, 0.5) is 0 Å². The van der Waals surface area contributed by atoms with Gasteiger partial charge in [0, 0.05) is 11.6 Å². The normalized spacial score (nSPS) is 11.2. The number of aliphatic hydroxyl groups excluding tert-OH is 1. The molecule has 5 nitrogen and oxygen atoms in total. The van der Waals surface area contributed by atoms with E-state index in [-0.39, 0.29) is 17.3 Å². The number of aryl methyl sites for hydroxylation is 1. The summed E-state index contributed by atoms with van der Waals surface area (Å²) in [5.74, 6) is 0.494. The summed E-state index contributed by atoms with van der Waals surface area (Å²) in [5, 5.41) is 9.51. The summed E-state index contributed by atoms with van der Waals surface area (Å²) >= 11 is 0. The number of hydrogen-bond donors (Lipinski definition) is 1. The molecule has 0 radical (unpaired) electrons. The highest BCUT2D eigenvalue weighted by molar-refractivity contribution is 7.87. The van der Waals surface area contributed by atoms with Crippen LogP contribution in [-0.2, 0) is 23.3 Å². The lowest BCUT2D eigenvalue weighted by atomic mass is 10.2. The first kappa shape index (κ1) is 18.9. The molecule has 0 bridgehead atoms. The van der Waals surface area contributed by atoms with Gasteiger partial charge >= 0.3 is 10.1 Å².